The molecule has 0 spiro atoms. The molecule has 1 unspecified atom stereocenters. The number of fused-ring (bicyclic) bond motifs is 1. The minimum Gasteiger partial charge on any atom is -0.395 e. The predicted molar refractivity (Wildman–Crippen MR) is 139 cm³/mol. The highest BCUT2D eigenvalue weighted by Gasteiger charge is 2.34. The molecule has 37 heavy (non-hydrogen) atoms. The summed E-state index contributed by atoms with van der Waals surface area (Å²) in [5, 5.41) is 18.1. The van der Waals surface area contributed by atoms with Gasteiger partial charge in [0.2, 0.25) is 0 Å². The summed E-state index contributed by atoms with van der Waals surface area (Å²) < 4.78 is 42.0. The SMILES string of the molecule is O=C1N=C(N2CCNC(CO)C2)S/C1=C\c1ccc2c(c1)c(Cl)nn2Cc1ccc(Cl)cc1C(F)(F)F. The van der Waals surface area contributed by atoms with Gasteiger partial charge in [-0.1, -0.05) is 35.3 Å². The average Bonchev–Trinajstić information content (AvgIpc) is 3.38. The molecule has 1 atom stereocenters. The highest BCUT2D eigenvalue weighted by atomic mass is 35.5. The molecular weight excluding hydrogens is 550 g/mol. The Morgan fingerprint density at radius 3 is 2.78 bits per heavy atom. The van der Waals surface area contributed by atoms with E-state index in [4.69, 9.17) is 23.2 Å². The zero-order chi connectivity index (χ0) is 26.3. The zero-order valence-corrected chi connectivity index (χ0v) is 21.4. The van der Waals surface area contributed by atoms with Crippen LogP contribution >= 0.6 is 35.0 Å². The smallest absolute Gasteiger partial charge is 0.395 e. The molecule has 2 N–H and O–H groups in total. The Hall–Kier alpha value is -2.57. The maximum absolute atomic E-state index is 13.5. The van der Waals surface area contributed by atoms with Gasteiger partial charge in [0.1, 0.15) is 0 Å². The van der Waals surface area contributed by atoms with E-state index in [-0.39, 0.29) is 40.8 Å². The molecular formula is C24H20Cl2F3N5O2S. The van der Waals surface area contributed by atoms with Crippen LogP contribution in [0.15, 0.2) is 46.3 Å². The molecule has 2 aliphatic heterocycles. The molecule has 3 aromatic rings. The summed E-state index contributed by atoms with van der Waals surface area (Å²) in [6.45, 7) is 1.74. The Kier molecular flexibility index (Phi) is 7.25. The molecule has 1 amide bonds. The quantitative estimate of drug-likeness (QED) is 0.445. The van der Waals surface area contributed by atoms with Crippen molar-refractivity contribution in [2.45, 2.75) is 18.8 Å². The van der Waals surface area contributed by atoms with Crippen molar-refractivity contribution in [3.8, 4) is 0 Å². The molecule has 13 heteroatoms. The highest BCUT2D eigenvalue weighted by Crippen LogP contribution is 2.36. The van der Waals surface area contributed by atoms with E-state index in [2.05, 4.69) is 15.4 Å². The zero-order valence-electron chi connectivity index (χ0n) is 19.1. The number of aliphatic hydroxyl groups is 1. The summed E-state index contributed by atoms with van der Waals surface area (Å²) in [4.78, 5) is 19.1. The van der Waals surface area contributed by atoms with Gasteiger partial charge in [-0.25, -0.2) is 0 Å². The lowest BCUT2D eigenvalue weighted by molar-refractivity contribution is -0.138. The standard InChI is InChI=1S/C24H20Cl2F3N5O2S/c25-15-3-2-14(18(9-15)24(27,28)29)10-34-19-4-1-13(7-17(19)21(26)32-34)8-20-22(36)31-23(37-20)33-6-5-30-16(11-33)12-35/h1-4,7-9,16,30,35H,5-6,10-12H2/b20-8-. The number of amides is 1. The summed E-state index contributed by atoms with van der Waals surface area (Å²) in [6, 6.07) is 8.73. The lowest BCUT2D eigenvalue weighted by Crippen LogP contribution is -2.53. The molecule has 0 bridgehead atoms. The molecule has 0 saturated carbocycles. The van der Waals surface area contributed by atoms with Gasteiger partial charge in [-0.2, -0.15) is 23.3 Å². The Balaban J connectivity index is 1.39. The molecule has 2 aromatic carbocycles. The molecule has 0 radical (unpaired) electrons. The lowest BCUT2D eigenvalue weighted by atomic mass is 10.1. The summed E-state index contributed by atoms with van der Waals surface area (Å²) >= 11 is 13.4. The van der Waals surface area contributed by atoms with E-state index in [1.807, 2.05) is 4.90 Å². The maximum atomic E-state index is 13.5. The normalized spacial score (nSPS) is 19.8. The van der Waals surface area contributed by atoms with E-state index in [0.717, 1.165) is 6.07 Å². The summed E-state index contributed by atoms with van der Waals surface area (Å²) in [5.74, 6) is -0.358. The third-order valence-electron chi connectivity index (χ3n) is 6.08. The number of rotatable bonds is 4. The van der Waals surface area contributed by atoms with Crippen molar-refractivity contribution in [2.75, 3.05) is 26.2 Å². The van der Waals surface area contributed by atoms with Crippen LogP contribution in [0.5, 0.6) is 0 Å². The first-order valence-electron chi connectivity index (χ1n) is 11.3. The van der Waals surface area contributed by atoms with Crippen LogP contribution in [0.4, 0.5) is 13.2 Å². The minimum absolute atomic E-state index is 0.00488. The Labute approximate surface area is 223 Å². The van der Waals surface area contributed by atoms with Crippen LogP contribution in [0.2, 0.25) is 10.2 Å². The van der Waals surface area contributed by atoms with Crippen molar-refractivity contribution < 1.29 is 23.1 Å². The fourth-order valence-electron chi connectivity index (χ4n) is 4.29. The van der Waals surface area contributed by atoms with Gasteiger partial charge in [-0.05, 0) is 53.2 Å². The van der Waals surface area contributed by atoms with Gasteiger partial charge in [-0.3, -0.25) is 9.48 Å². The van der Waals surface area contributed by atoms with Crippen molar-refractivity contribution in [1.29, 1.82) is 0 Å². The van der Waals surface area contributed by atoms with Crippen LogP contribution in [0.25, 0.3) is 17.0 Å². The summed E-state index contributed by atoms with van der Waals surface area (Å²) in [5.41, 5.74) is 0.410. The van der Waals surface area contributed by atoms with Crippen molar-refractivity contribution in [1.82, 2.24) is 20.0 Å². The second-order valence-corrected chi connectivity index (χ2v) is 10.4. The number of nitrogens with one attached hydrogen (secondary N) is 1. The van der Waals surface area contributed by atoms with Gasteiger partial charge < -0.3 is 15.3 Å². The largest absolute Gasteiger partial charge is 0.416 e. The number of alkyl halides is 3. The van der Waals surface area contributed by atoms with Crippen molar-refractivity contribution in [3.05, 3.63) is 68.2 Å². The number of carbonyl (C=O) groups excluding carboxylic acids is 1. The molecule has 1 fully saturated rings. The van der Waals surface area contributed by atoms with E-state index in [1.165, 1.54) is 28.6 Å². The monoisotopic (exact) mass is 569 g/mol. The number of benzene rings is 2. The molecule has 1 saturated heterocycles. The second kappa shape index (κ2) is 10.3. The number of hydrogen-bond donors (Lipinski definition) is 2. The number of aliphatic imine (C=N–C) groups is 1. The summed E-state index contributed by atoms with van der Waals surface area (Å²) in [7, 11) is 0. The van der Waals surface area contributed by atoms with Gasteiger partial charge in [0.05, 0.1) is 29.1 Å². The van der Waals surface area contributed by atoms with Crippen LogP contribution in [-0.4, -0.2) is 63.1 Å². The number of amidine groups is 1. The van der Waals surface area contributed by atoms with Gasteiger partial charge in [0.15, 0.2) is 10.3 Å². The average molecular weight is 570 g/mol. The highest BCUT2D eigenvalue weighted by molar-refractivity contribution is 8.18. The van der Waals surface area contributed by atoms with Crippen molar-refractivity contribution in [2.24, 2.45) is 4.99 Å². The Bertz CT molecular complexity index is 1440. The summed E-state index contributed by atoms with van der Waals surface area (Å²) in [6.07, 6.45) is -2.87. The molecule has 3 heterocycles. The van der Waals surface area contributed by atoms with Gasteiger partial charge >= 0.3 is 6.18 Å². The topological polar surface area (TPSA) is 82.8 Å². The predicted octanol–water partition coefficient (Wildman–Crippen LogP) is 4.65. The number of aromatic nitrogens is 2. The van der Waals surface area contributed by atoms with Gasteiger partial charge in [-0.15, -0.1) is 0 Å². The van der Waals surface area contributed by atoms with E-state index < -0.39 is 11.7 Å². The van der Waals surface area contributed by atoms with E-state index in [9.17, 15) is 23.1 Å². The molecule has 194 valence electrons. The van der Waals surface area contributed by atoms with Crippen molar-refractivity contribution >= 4 is 63.0 Å². The number of hydrogen-bond acceptors (Lipinski definition) is 6. The van der Waals surface area contributed by atoms with Crippen LogP contribution < -0.4 is 5.32 Å². The number of halogens is 5. The third-order valence-corrected chi connectivity index (χ3v) is 7.64. The first-order valence-corrected chi connectivity index (χ1v) is 12.8. The van der Waals surface area contributed by atoms with Crippen LogP contribution in [-0.2, 0) is 17.5 Å². The Morgan fingerprint density at radius 2 is 2.03 bits per heavy atom. The fraction of sp³-hybridized carbons (Fsp3) is 0.292. The minimum atomic E-state index is -4.57. The van der Waals surface area contributed by atoms with Gasteiger partial charge in [0.25, 0.3) is 5.91 Å². The first kappa shape index (κ1) is 26.1. The molecule has 2 aliphatic rings. The molecule has 0 aliphatic carbocycles. The van der Waals surface area contributed by atoms with Crippen LogP contribution in [0.1, 0.15) is 16.7 Å². The molecule has 5 rings (SSSR count). The van der Waals surface area contributed by atoms with Crippen molar-refractivity contribution in [3.63, 3.8) is 0 Å². The number of piperazine rings is 1. The third kappa shape index (κ3) is 5.51. The first-order chi connectivity index (χ1) is 17.6. The number of aliphatic hydroxyl groups excluding tert-OH is 1. The molecule has 7 nitrogen and oxygen atoms in total. The van der Waals surface area contributed by atoms with E-state index >= 15 is 0 Å². The van der Waals surface area contributed by atoms with E-state index in [0.29, 0.717) is 46.2 Å². The number of carbonyl (C=O) groups is 1. The van der Waals surface area contributed by atoms with E-state index in [1.54, 1.807) is 24.3 Å². The number of nitrogens with zero attached hydrogens (tertiary/aromatic N) is 4. The fourth-order valence-corrected chi connectivity index (χ4v) is 5.65. The van der Waals surface area contributed by atoms with Gasteiger partial charge in [0, 0.05) is 36.1 Å². The second-order valence-electron chi connectivity index (χ2n) is 8.61. The van der Waals surface area contributed by atoms with Crippen LogP contribution in [0, 0.1) is 0 Å². The number of thioether (sulfide) groups is 1. The van der Waals surface area contributed by atoms with Crippen LogP contribution in [0.3, 0.4) is 0 Å². The maximum Gasteiger partial charge on any atom is 0.416 e. The Morgan fingerprint density at radius 1 is 1.22 bits per heavy atom. The molecule has 1 aromatic heterocycles. The lowest BCUT2D eigenvalue weighted by Gasteiger charge is -2.33.